The van der Waals surface area contributed by atoms with Crippen molar-refractivity contribution in [2.24, 2.45) is 5.92 Å². The average Bonchev–Trinajstić information content (AvgIpc) is 2.52. The van der Waals surface area contributed by atoms with Crippen LogP contribution in [0.4, 0.5) is 0 Å². The largest absolute Gasteiger partial charge is 0.390 e. The van der Waals surface area contributed by atoms with Crippen LogP contribution in [0.1, 0.15) is 51.9 Å². The number of aliphatic hydroxyl groups is 1. The third kappa shape index (κ3) is 3.94. The molecule has 3 nitrogen and oxygen atoms in total. The van der Waals surface area contributed by atoms with Gasteiger partial charge in [0.15, 0.2) is 0 Å². The van der Waals surface area contributed by atoms with Gasteiger partial charge < -0.3 is 15.3 Å². The van der Waals surface area contributed by atoms with Crippen LogP contribution in [-0.4, -0.2) is 48.3 Å². The quantitative estimate of drug-likeness (QED) is 0.808. The summed E-state index contributed by atoms with van der Waals surface area (Å²) in [4.78, 5) is 2.59. The molecule has 0 aromatic carbocycles. The first kappa shape index (κ1) is 14.3. The molecule has 0 aromatic rings. The molecule has 1 saturated carbocycles. The molecule has 18 heavy (non-hydrogen) atoms. The van der Waals surface area contributed by atoms with Gasteiger partial charge in [-0.05, 0) is 58.5 Å². The molecule has 3 unspecified atom stereocenters. The number of likely N-dealkylation sites (tertiary alicyclic amines) is 1. The molecule has 0 amide bonds. The van der Waals surface area contributed by atoms with Gasteiger partial charge in [-0.2, -0.15) is 0 Å². The Morgan fingerprint density at radius 2 is 1.94 bits per heavy atom. The SMILES string of the molecule is CNC1CCCCC1CN1CCCC(C)(O)CC1. The lowest BCUT2D eigenvalue weighted by Crippen LogP contribution is -2.43. The fourth-order valence-electron chi connectivity index (χ4n) is 3.64. The Kier molecular flexibility index (Phi) is 5.05. The molecule has 2 aliphatic rings. The second kappa shape index (κ2) is 6.36. The smallest absolute Gasteiger partial charge is 0.0632 e. The van der Waals surface area contributed by atoms with Crippen LogP contribution in [0.5, 0.6) is 0 Å². The summed E-state index contributed by atoms with van der Waals surface area (Å²) in [5, 5.41) is 13.6. The predicted molar refractivity (Wildman–Crippen MR) is 75.7 cm³/mol. The Bertz CT molecular complexity index is 255. The highest BCUT2D eigenvalue weighted by atomic mass is 16.3. The van der Waals surface area contributed by atoms with E-state index in [0.717, 1.165) is 31.7 Å². The van der Waals surface area contributed by atoms with Crippen molar-refractivity contribution in [3.05, 3.63) is 0 Å². The highest BCUT2D eigenvalue weighted by Crippen LogP contribution is 2.27. The van der Waals surface area contributed by atoms with Gasteiger partial charge in [0, 0.05) is 19.1 Å². The van der Waals surface area contributed by atoms with Crippen molar-refractivity contribution in [1.29, 1.82) is 0 Å². The van der Waals surface area contributed by atoms with E-state index in [1.54, 1.807) is 0 Å². The van der Waals surface area contributed by atoms with Crippen molar-refractivity contribution in [2.75, 3.05) is 26.7 Å². The number of nitrogens with one attached hydrogen (secondary N) is 1. The zero-order chi connectivity index (χ0) is 13.0. The summed E-state index contributed by atoms with van der Waals surface area (Å²) < 4.78 is 0. The van der Waals surface area contributed by atoms with Crippen LogP contribution < -0.4 is 5.32 Å². The van der Waals surface area contributed by atoms with E-state index in [4.69, 9.17) is 0 Å². The molecule has 1 aliphatic carbocycles. The van der Waals surface area contributed by atoms with Crippen LogP contribution in [0.2, 0.25) is 0 Å². The van der Waals surface area contributed by atoms with Crippen molar-refractivity contribution in [3.63, 3.8) is 0 Å². The third-order valence-electron chi connectivity index (χ3n) is 4.93. The number of nitrogens with zero attached hydrogens (tertiary/aromatic N) is 1. The molecule has 3 atom stereocenters. The van der Waals surface area contributed by atoms with Crippen LogP contribution in [0, 0.1) is 5.92 Å². The highest BCUT2D eigenvalue weighted by molar-refractivity contribution is 4.85. The maximum atomic E-state index is 10.1. The van der Waals surface area contributed by atoms with Gasteiger partial charge in [-0.25, -0.2) is 0 Å². The third-order valence-corrected chi connectivity index (χ3v) is 4.93. The van der Waals surface area contributed by atoms with Gasteiger partial charge in [0.1, 0.15) is 0 Å². The Morgan fingerprint density at radius 3 is 2.72 bits per heavy atom. The molecule has 2 N–H and O–H groups in total. The first-order valence-electron chi connectivity index (χ1n) is 7.73. The van der Waals surface area contributed by atoms with Gasteiger partial charge in [-0.3, -0.25) is 0 Å². The molecule has 0 aromatic heterocycles. The molecule has 1 heterocycles. The summed E-state index contributed by atoms with van der Waals surface area (Å²) >= 11 is 0. The van der Waals surface area contributed by atoms with Gasteiger partial charge in [-0.15, -0.1) is 0 Å². The first-order valence-corrected chi connectivity index (χ1v) is 7.73. The van der Waals surface area contributed by atoms with E-state index < -0.39 is 5.60 Å². The fourth-order valence-corrected chi connectivity index (χ4v) is 3.64. The Hall–Kier alpha value is -0.120. The molecule has 0 bridgehead atoms. The second-order valence-corrected chi connectivity index (χ2v) is 6.59. The molecule has 0 spiro atoms. The zero-order valence-electron chi connectivity index (χ0n) is 12.1. The maximum absolute atomic E-state index is 10.1. The molecule has 106 valence electrons. The standard InChI is InChI=1S/C15H30N2O/c1-15(18)8-5-10-17(11-9-15)12-13-6-3-4-7-14(13)16-2/h13-14,16,18H,3-12H2,1-2H3. The van der Waals surface area contributed by atoms with E-state index in [-0.39, 0.29) is 0 Å². The van der Waals surface area contributed by atoms with Crippen LogP contribution >= 0.6 is 0 Å². The highest BCUT2D eigenvalue weighted by Gasteiger charge is 2.29. The molecule has 2 rings (SSSR count). The normalized spacial score (nSPS) is 39.5. The molecule has 3 heteroatoms. The van der Waals surface area contributed by atoms with Crippen molar-refractivity contribution in [2.45, 2.75) is 63.5 Å². The van der Waals surface area contributed by atoms with Crippen LogP contribution in [0.3, 0.4) is 0 Å². The first-order chi connectivity index (χ1) is 8.61. The lowest BCUT2D eigenvalue weighted by atomic mass is 9.84. The second-order valence-electron chi connectivity index (χ2n) is 6.59. The molecule has 0 radical (unpaired) electrons. The average molecular weight is 254 g/mol. The van der Waals surface area contributed by atoms with E-state index in [0.29, 0.717) is 6.04 Å². The monoisotopic (exact) mass is 254 g/mol. The van der Waals surface area contributed by atoms with Crippen LogP contribution in [-0.2, 0) is 0 Å². The summed E-state index contributed by atoms with van der Waals surface area (Å²) in [6.45, 7) is 5.46. The van der Waals surface area contributed by atoms with Crippen LogP contribution in [0.15, 0.2) is 0 Å². The number of rotatable bonds is 3. The Morgan fingerprint density at radius 1 is 1.17 bits per heavy atom. The van der Waals surface area contributed by atoms with E-state index in [9.17, 15) is 5.11 Å². The van der Waals surface area contributed by atoms with E-state index in [1.165, 1.54) is 38.8 Å². The van der Waals surface area contributed by atoms with E-state index >= 15 is 0 Å². The topological polar surface area (TPSA) is 35.5 Å². The summed E-state index contributed by atoms with van der Waals surface area (Å²) in [5.41, 5.74) is -0.427. The van der Waals surface area contributed by atoms with Gasteiger partial charge >= 0.3 is 0 Å². The minimum atomic E-state index is -0.427. The minimum absolute atomic E-state index is 0.427. The van der Waals surface area contributed by atoms with Crippen molar-refractivity contribution < 1.29 is 5.11 Å². The summed E-state index contributed by atoms with van der Waals surface area (Å²) in [6, 6.07) is 0.711. The minimum Gasteiger partial charge on any atom is -0.390 e. The van der Waals surface area contributed by atoms with Gasteiger partial charge in [0.05, 0.1) is 5.60 Å². The van der Waals surface area contributed by atoms with Crippen molar-refractivity contribution >= 4 is 0 Å². The summed E-state index contributed by atoms with van der Waals surface area (Å²) in [7, 11) is 2.11. The number of hydrogen-bond acceptors (Lipinski definition) is 3. The lowest BCUT2D eigenvalue weighted by molar-refractivity contribution is 0.0436. The maximum Gasteiger partial charge on any atom is 0.0632 e. The predicted octanol–water partition coefficient (Wildman–Crippen LogP) is 2.00. The van der Waals surface area contributed by atoms with Crippen LogP contribution in [0.25, 0.3) is 0 Å². The lowest BCUT2D eigenvalue weighted by Gasteiger charge is -2.35. The summed E-state index contributed by atoms with van der Waals surface area (Å²) in [5.74, 6) is 0.812. The van der Waals surface area contributed by atoms with Gasteiger partial charge in [0.2, 0.25) is 0 Å². The molecule has 1 saturated heterocycles. The van der Waals surface area contributed by atoms with E-state index in [1.807, 2.05) is 6.92 Å². The Labute approximate surface area is 112 Å². The van der Waals surface area contributed by atoms with E-state index in [2.05, 4.69) is 17.3 Å². The molecule has 2 fully saturated rings. The molecule has 1 aliphatic heterocycles. The molecular weight excluding hydrogens is 224 g/mol. The summed E-state index contributed by atoms with van der Waals surface area (Å²) in [6.07, 6.45) is 8.54. The fraction of sp³-hybridized carbons (Fsp3) is 1.00. The van der Waals surface area contributed by atoms with Crippen molar-refractivity contribution in [3.8, 4) is 0 Å². The number of hydrogen-bond donors (Lipinski definition) is 2. The van der Waals surface area contributed by atoms with Gasteiger partial charge in [0.25, 0.3) is 0 Å². The molecular formula is C15H30N2O. The Balaban J connectivity index is 1.84. The zero-order valence-corrected chi connectivity index (χ0v) is 12.1. The van der Waals surface area contributed by atoms with Gasteiger partial charge in [-0.1, -0.05) is 12.8 Å². The van der Waals surface area contributed by atoms with Crippen molar-refractivity contribution in [1.82, 2.24) is 10.2 Å².